The summed E-state index contributed by atoms with van der Waals surface area (Å²) in [5.41, 5.74) is 0.830. The number of sulfonamides is 1. The molecule has 2 aromatic rings. The molecule has 0 radical (unpaired) electrons. The van der Waals surface area contributed by atoms with Crippen LogP contribution in [0.2, 0.25) is 0 Å². The van der Waals surface area contributed by atoms with Gasteiger partial charge >= 0.3 is 6.36 Å². The third-order valence-electron chi connectivity index (χ3n) is 4.41. The molecule has 0 saturated carbocycles. The van der Waals surface area contributed by atoms with Crippen LogP contribution in [0, 0.1) is 0 Å². The van der Waals surface area contributed by atoms with E-state index in [1.807, 2.05) is 23.1 Å². The van der Waals surface area contributed by atoms with Crippen molar-refractivity contribution in [1.82, 2.24) is 4.31 Å². The first-order valence-electron chi connectivity index (χ1n) is 8.55. The van der Waals surface area contributed by atoms with E-state index in [4.69, 9.17) is 4.74 Å². The summed E-state index contributed by atoms with van der Waals surface area (Å²) >= 11 is 3.04. The minimum atomic E-state index is -5.01. The molecule has 0 spiro atoms. The van der Waals surface area contributed by atoms with Gasteiger partial charge in [-0.2, -0.15) is 4.31 Å². The zero-order chi connectivity index (χ0) is 21.2. The molecule has 0 N–H and O–H groups in total. The Bertz CT molecular complexity index is 977. The van der Waals surface area contributed by atoms with E-state index in [0.29, 0.717) is 18.8 Å². The van der Waals surface area contributed by atoms with Gasteiger partial charge in [-0.25, -0.2) is 8.42 Å². The lowest BCUT2D eigenvalue weighted by atomic mass is 10.2. The largest absolute Gasteiger partial charge is 0.573 e. The molecule has 1 saturated heterocycles. The van der Waals surface area contributed by atoms with Crippen LogP contribution >= 0.6 is 15.9 Å². The van der Waals surface area contributed by atoms with Crippen LogP contribution in [0.1, 0.15) is 0 Å². The van der Waals surface area contributed by atoms with Crippen molar-refractivity contribution in [2.45, 2.75) is 11.3 Å². The van der Waals surface area contributed by atoms with Gasteiger partial charge in [-0.15, -0.1) is 13.2 Å². The zero-order valence-electron chi connectivity index (χ0n) is 15.3. The number of alkyl halides is 3. The molecule has 0 aliphatic carbocycles. The normalized spacial score (nSPS) is 16.0. The fourth-order valence-corrected chi connectivity index (χ4v) is 4.96. The first kappa shape index (κ1) is 21.7. The van der Waals surface area contributed by atoms with Gasteiger partial charge in [-0.1, -0.05) is 28.1 Å². The molecule has 2 aromatic carbocycles. The first-order valence-corrected chi connectivity index (χ1v) is 10.8. The summed E-state index contributed by atoms with van der Waals surface area (Å²) < 4.78 is 74.9. The van der Waals surface area contributed by atoms with E-state index in [2.05, 4.69) is 20.7 Å². The summed E-state index contributed by atoms with van der Waals surface area (Å²) in [7, 11) is -2.62. The lowest BCUT2D eigenvalue weighted by molar-refractivity contribution is -0.275. The summed E-state index contributed by atoms with van der Waals surface area (Å²) in [6, 6.07) is 10.8. The Hall–Kier alpha value is -1.98. The summed E-state index contributed by atoms with van der Waals surface area (Å²) in [4.78, 5) is 1.45. The van der Waals surface area contributed by atoms with Gasteiger partial charge in [-0.05, 0) is 30.3 Å². The van der Waals surface area contributed by atoms with Crippen LogP contribution in [-0.2, 0) is 10.0 Å². The number of anilines is 1. The van der Waals surface area contributed by atoms with Crippen molar-refractivity contribution in [3.63, 3.8) is 0 Å². The molecule has 1 aliphatic heterocycles. The van der Waals surface area contributed by atoms with Crippen LogP contribution in [0.5, 0.6) is 11.5 Å². The number of benzene rings is 2. The molecule has 0 amide bonds. The predicted octanol–water partition coefficient (Wildman–Crippen LogP) is 3.87. The highest BCUT2D eigenvalue weighted by Gasteiger charge is 2.37. The molecule has 1 aliphatic rings. The molecule has 1 fully saturated rings. The van der Waals surface area contributed by atoms with Crippen molar-refractivity contribution in [2.75, 3.05) is 38.2 Å². The number of piperazine rings is 1. The first-order chi connectivity index (χ1) is 13.6. The van der Waals surface area contributed by atoms with Gasteiger partial charge in [0.05, 0.1) is 12.8 Å². The number of hydrogen-bond acceptors (Lipinski definition) is 5. The third kappa shape index (κ3) is 4.96. The SMILES string of the molecule is COc1ccccc1N1CCN(S(=O)(=O)c2ccc(Br)cc2OC(F)(F)F)CC1. The van der Waals surface area contributed by atoms with Gasteiger partial charge in [0.1, 0.15) is 10.6 Å². The summed E-state index contributed by atoms with van der Waals surface area (Å²) in [5.74, 6) is -0.100. The quantitative estimate of drug-likeness (QED) is 0.631. The zero-order valence-corrected chi connectivity index (χ0v) is 17.7. The number of ether oxygens (including phenoxy) is 2. The maximum atomic E-state index is 13.0. The number of hydrogen-bond donors (Lipinski definition) is 0. The molecule has 11 heteroatoms. The Morgan fingerprint density at radius 1 is 1.00 bits per heavy atom. The van der Waals surface area contributed by atoms with E-state index in [9.17, 15) is 21.6 Å². The lowest BCUT2D eigenvalue weighted by Crippen LogP contribution is -2.48. The van der Waals surface area contributed by atoms with Crippen LogP contribution in [0.3, 0.4) is 0 Å². The Kier molecular flexibility index (Phi) is 6.30. The average molecular weight is 495 g/mol. The third-order valence-corrected chi connectivity index (χ3v) is 6.85. The Labute approximate surface area is 175 Å². The summed E-state index contributed by atoms with van der Waals surface area (Å²) in [6.07, 6.45) is -5.01. The minimum Gasteiger partial charge on any atom is -0.495 e. The smallest absolute Gasteiger partial charge is 0.495 e. The van der Waals surface area contributed by atoms with E-state index >= 15 is 0 Å². The average Bonchev–Trinajstić information content (AvgIpc) is 2.66. The van der Waals surface area contributed by atoms with Crippen LogP contribution in [0.15, 0.2) is 51.8 Å². The number of rotatable bonds is 5. The topological polar surface area (TPSA) is 59.1 Å². The van der Waals surface area contributed by atoms with Crippen molar-refractivity contribution in [1.29, 1.82) is 0 Å². The molecule has 0 aromatic heterocycles. The Morgan fingerprint density at radius 2 is 1.66 bits per heavy atom. The van der Waals surface area contributed by atoms with E-state index in [-0.39, 0.29) is 17.6 Å². The molecule has 0 bridgehead atoms. The van der Waals surface area contributed by atoms with Gasteiger partial charge < -0.3 is 14.4 Å². The minimum absolute atomic E-state index is 0.113. The fourth-order valence-electron chi connectivity index (χ4n) is 3.10. The molecule has 158 valence electrons. The van der Waals surface area contributed by atoms with Gasteiger partial charge in [-0.3, -0.25) is 0 Å². The second-order valence-electron chi connectivity index (χ2n) is 6.20. The monoisotopic (exact) mass is 494 g/mol. The molecule has 0 unspecified atom stereocenters. The van der Waals surface area contributed by atoms with Crippen LogP contribution in [0.4, 0.5) is 18.9 Å². The van der Waals surface area contributed by atoms with E-state index < -0.39 is 27.0 Å². The predicted molar refractivity (Wildman–Crippen MR) is 105 cm³/mol. The van der Waals surface area contributed by atoms with Crippen molar-refractivity contribution in [2.24, 2.45) is 0 Å². The molecule has 0 atom stereocenters. The highest BCUT2D eigenvalue weighted by molar-refractivity contribution is 9.10. The highest BCUT2D eigenvalue weighted by atomic mass is 79.9. The molecular weight excluding hydrogens is 477 g/mol. The van der Waals surface area contributed by atoms with Gasteiger partial charge in [0.2, 0.25) is 10.0 Å². The van der Waals surface area contributed by atoms with E-state index in [1.54, 1.807) is 13.2 Å². The maximum Gasteiger partial charge on any atom is 0.573 e. The van der Waals surface area contributed by atoms with Crippen LogP contribution < -0.4 is 14.4 Å². The van der Waals surface area contributed by atoms with Crippen LogP contribution in [-0.4, -0.2) is 52.4 Å². The van der Waals surface area contributed by atoms with Crippen LogP contribution in [0.25, 0.3) is 0 Å². The van der Waals surface area contributed by atoms with Crippen molar-refractivity contribution >= 4 is 31.6 Å². The number of halogens is 4. The van der Waals surface area contributed by atoms with Gasteiger partial charge in [0.25, 0.3) is 0 Å². The van der Waals surface area contributed by atoms with Gasteiger partial charge in [0.15, 0.2) is 5.75 Å². The number of nitrogens with zero attached hydrogens (tertiary/aromatic N) is 2. The maximum absolute atomic E-state index is 13.0. The van der Waals surface area contributed by atoms with E-state index in [1.165, 1.54) is 6.07 Å². The molecule has 1 heterocycles. The lowest BCUT2D eigenvalue weighted by Gasteiger charge is -2.36. The fraction of sp³-hybridized carbons (Fsp3) is 0.333. The standard InChI is InChI=1S/C18H18BrF3N2O4S/c1-27-15-5-3-2-4-14(15)23-8-10-24(11-9-23)29(25,26)17-7-6-13(19)12-16(17)28-18(20,21)22/h2-7,12H,8-11H2,1H3. The van der Waals surface area contributed by atoms with Gasteiger partial charge in [0, 0.05) is 30.7 Å². The Morgan fingerprint density at radius 3 is 2.28 bits per heavy atom. The molecule has 6 nitrogen and oxygen atoms in total. The molecular formula is C18H18BrF3N2O4S. The summed E-state index contributed by atoms with van der Waals surface area (Å²) in [6.45, 7) is 0.959. The second-order valence-corrected chi connectivity index (χ2v) is 9.02. The number of para-hydroxylation sites is 2. The number of methoxy groups -OCH3 is 1. The Balaban J connectivity index is 1.82. The molecule has 3 rings (SSSR count). The van der Waals surface area contributed by atoms with Crippen molar-refractivity contribution < 1.29 is 31.1 Å². The van der Waals surface area contributed by atoms with Crippen molar-refractivity contribution in [3.05, 3.63) is 46.9 Å². The second kappa shape index (κ2) is 8.41. The molecule has 29 heavy (non-hydrogen) atoms. The van der Waals surface area contributed by atoms with E-state index in [0.717, 1.165) is 22.1 Å². The summed E-state index contributed by atoms with van der Waals surface area (Å²) in [5, 5.41) is 0. The van der Waals surface area contributed by atoms with Crippen molar-refractivity contribution in [3.8, 4) is 11.5 Å². The highest BCUT2D eigenvalue weighted by Crippen LogP contribution is 2.35.